The van der Waals surface area contributed by atoms with E-state index in [0.717, 1.165) is 0 Å². The largest absolute Gasteiger partial charge is 0.486 e. The van der Waals surface area contributed by atoms with Crippen LogP contribution in [0.25, 0.3) is 11.0 Å². The lowest BCUT2D eigenvalue weighted by molar-refractivity contribution is 0.0728. The Kier molecular flexibility index (Phi) is 3.81. The van der Waals surface area contributed by atoms with Crippen LogP contribution in [0.15, 0.2) is 42.5 Å². The number of fused-ring (bicyclic) bond motifs is 1. The zero-order valence-electron chi connectivity index (χ0n) is 13.1. The van der Waals surface area contributed by atoms with Gasteiger partial charge in [-0.15, -0.1) is 0 Å². The molecule has 3 aromatic rings. The van der Waals surface area contributed by atoms with Gasteiger partial charge in [0.15, 0.2) is 0 Å². The molecule has 0 aliphatic carbocycles. The van der Waals surface area contributed by atoms with Crippen LogP contribution in [0.4, 0.5) is 4.39 Å². The van der Waals surface area contributed by atoms with E-state index in [1.807, 2.05) is 0 Å². The minimum Gasteiger partial charge on any atom is -0.486 e. The number of H-pyrrole nitrogens is 1. The number of carbonyl (C=O) groups is 1. The third-order valence-corrected chi connectivity index (χ3v) is 4.17. The Balaban J connectivity index is 1.49. The van der Waals surface area contributed by atoms with Crippen LogP contribution in [0.5, 0.6) is 5.75 Å². The Bertz CT molecular complexity index is 929. The number of ether oxygens (including phenoxy) is 1. The van der Waals surface area contributed by atoms with Crippen molar-refractivity contribution in [3.63, 3.8) is 0 Å². The van der Waals surface area contributed by atoms with Crippen molar-refractivity contribution in [2.45, 2.75) is 12.2 Å². The van der Waals surface area contributed by atoms with E-state index in [-0.39, 0.29) is 19.0 Å². The topological polar surface area (TPSA) is 91.3 Å². The van der Waals surface area contributed by atoms with Crippen molar-refractivity contribution in [2.24, 2.45) is 0 Å². The van der Waals surface area contributed by atoms with Crippen LogP contribution in [0.3, 0.4) is 0 Å². The van der Waals surface area contributed by atoms with Gasteiger partial charge in [0.1, 0.15) is 34.8 Å². The number of rotatable bonds is 3. The minimum atomic E-state index is -0.844. The molecule has 128 valence electrons. The van der Waals surface area contributed by atoms with Crippen LogP contribution >= 0.6 is 0 Å². The standard InChI is InChI=1S/C17H15FN4O3/c18-11-2-1-3-12(7-11)25-16-9-22(8-15(16)23)17(24)10-4-5-13-14(6-10)20-21-19-13/h1-7,15-16,23H,8-9H2,(H,19,20,21)/t15-,16-/m1/s1. The summed E-state index contributed by atoms with van der Waals surface area (Å²) in [7, 11) is 0. The second kappa shape index (κ2) is 6.14. The fraction of sp³-hybridized carbons (Fsp3) is 0.235. The molecule has 2 atom stereocenters. The zero-order valence-corrected chi connectivity index (χ0v) is 13.1. The van der Waals surface area contributed by atoms with Crippen molar-refractivity contribution in [3.8, 4) is 5.75 Å². The molecule has 2 N–H and O–H groups in total. The second-order valence-corrected chi connectivity index (χ2v) is 5.92. The summed E-state index contributed by atoms with van der Waals surface area (Å²) in [6.07, 6.45) is -1.45. The average molecular weight is 342 g/mol. The molecule has 0 radical (unpaired) electrons. The van der Waals surface area contributed by atoms with Gasteiger partial charge in [0.2, 0.25) is 0 Å². The molecular weight excluding hydrogens is 327 g/mol. The SMILES string of the molecule is O=C(c1ccc2n[nH]nc2c1)N1C[C@@H](O)[C@H](Oc2cccc(F)c2)C1. The monoisotopic (exact) mass is 342 g/mol. The summed E-state index contributed by atoms with van der Waals surface area (Å²) in [5, 5.41) is 20.6. The van der Waals surface area contributed by atoms with Gasteiger partial charge < -0.3 is 14.7 Å². The van der Waals surface area contributed by atoms with Gasteiger partial charge in [-0.3, -0.25) is 4.79 Å². The zero-order chi connectivity index (χ0) is 17.4. The van der Waals surface area contributed by atoms with E-state index in [1.165, 1.54) is 23.1 Å². The minimum absolute atomic E-state index is 0.148. The van der Waals surface area contributed by atoms with Crippen molar-refractivity contribution in [1.82, 2.24) is 20.3 Å². The van der Waals surface area contributed by atoms with E-state index in [9.17, 15) is 14.3 Å². The van der Waals surface area contributed by atoms with Crippen LogP contribution in [-0.4, -0.2) is 56.6 Å². The van der Waals surface area contributed by atoms with Crippen LogP contribution in [-0.2, 0) is 0 Å². The maximum atomic E-state index is 13.2. The predicted molar refractivity (Wildman–Crippen MR) is 86.6 cm³/mol. The van der Waals surface area contributed by atoms with E-state index >= 15 is 0 Å². The molecule has 1 fully saturated rings. The smallest absolute Gasteiger partial charge is 0.254 e. The number of aromatic amines is 1. The molecule has 0 bridgehead atoms. The third kappa shape index (κ3) is 3.03. The quantitative estimate of drug-likeness (QED) is 0.750. The first-order valence-corrected chi connectivity index (χ1v) is 7.80. The summed E-state index contributed by atoms with van der Waals surface area (Å²) >= 11 is 0. The summed E-state index contributed by atoms with van der Waals surface area (Å²) in [6, 6.07) is 10.7. The number of benzene rings is 2. The van der Waals surface area contributed by atoms with Gasteiger partial charge in [0.25, 0.3) is 5.91 Å². The Hall–Kier alpha value is -3.00. The van der Waals surface area contributed by atoms with Crippen molar-refractivity contribution in [1.29, 1.82) is 0 Å². The van der Waals surface area contributed by atoms with E-state index in [1.54, 1.807) is 24.3 Å². The number of β-amino-alcohol motifs (C(OH)–C–C–N with tert-alkyl or cyclic N) is 1. The fourth-order valence-corrected chi connectivity index (χ4v) is 2.91. The molecule has 8 heteroatoms. The Morgan fingerprint density at radius 3 is 2.88 bits per heavy atom. The highest BCUT2D eigenvalue weighted by Crippen LogP contribution is 2.22. The van der Waals surface area contributed by atoms with E-state index in [4.69, 9.17) is 4.74 Å². The lowest BCUT2D eigenvalue weighted by Crippen LogP contribution is -2.31. The summed E-state index contributed by atoms with van der Waals surface area (Å²) in [4.78, 5) is 14.2. The summed E-state index contributed by atoms with van der Waals surface area (Å²) in [6.45, 7) is 0.364. The van der Waals surface area contributed by atoms with E-state index in [2.05, 4.69) is 15.4 Å². The first kappa shape index (κ1) is 15.5. The van der Waals surface area contributed by atoms with E-state index < -0.39 is 18.0 Å². The molecule has 1 saturated heterocycles. The number of aliphatic hydroxyl groups is 1. The van der Waals surface area contributed by atoms with Crippen molar-refractivity contribution < 1.29 is 19.0 Å². The van der Waals surface area contributed by atoms with Crippen LogP contribution in [0.1, 0.15) is 10.4 Å². The number of halogens is 1. The van der Waals surface area contributed by atoms with Crippen molar-refractivity contribution in [3.05, 3.63) is 53.8 Å². The number of amides is 1. The van der Waals surface area contributed by atoms with Gasteiger partial charge in [0, 0.05) is 11.6 Å². The number of hydrogen-bond donors (Lipinski definition) is 2. The number of carbonyl (C=O) groups excluding carboxylic acids is 1. The molecule has 1 amide bonds. The normalized spacial score (nSPS) is 20.2. The number of nitrogens with one attached hydrogen (secondary N) is 1. The maximum Gasteiger partial charge on any atom is 0.254 e. The number of nitrogens with zero attached hydrogens (tertiary/aromatic N) is 3. The van der Waals surface area contributed by atoms with Gasteiger partial charge in [-0.25, -0.2) is 4.39 Å². The Morgan fingerprint density at radius 1 is 1.20 bits per heavy atom. The number of aromatic nitrogens is 3. The molecule has 25 heavy (non-hydrogen) atoms. The van der Waals surface area contributed by atoms with Gasteiger partial charge in [0.05, 0.1) is 13.1 Å². The highest BCUT2D eigenvalue weighted by atomic mass is 19.1. The van der Waals surface area contributed by atoms with Gasteiger partial charge in [-0.1, -0.05) is 6.07 Å². The average Bonchev–Trinajstić information content (AvgIpc) is 3.20. The molecule has 2 heterocycles. The number of likely N-dealkylation sites (tertiary alicyclic amines) is 1. The highest BCUT2D eigenvalue weighted by molar-refractivity contribution is 5.97. The Morgan fingerprint density at radius 2 is 2.04 bits per heavy atom. The number of aliphatic hydroxyl groups excluding tert-OH is 1. The highest BCUT2D eigenvalue weighted by Gasteiger charge is 2.36. The molecule has 0 spiro atoms. The first-order valence-electron chi connectivity index (χ1n) is 7.80. The molecular formula is C17H15FN4O3. The predicted octanol–water partition coefficient (Wildman–Crippen LogP) is 1.36. The molecule has 4 rings (SSSR count). The molecule has 0 saturated carbocycles. The Labute approximate surface area is 142 Å². The summed E-state index contributed by atoms with van der Waals surface area (Å²) < 4.78 is 18.9. The van der Waals surface area contributed by atoms with Crippen LogP contribution < -0.4 is 4.74 Å². The lowest BCUT2D eigenvalue weighted by Gasteiger charge is -2.17. The molecule has 2 aromatic carbocycles. The molecule has 7 nitrogen and oxygen atoms in total. The van der Waals surface area contributed by atoms with Gasteiger partial charge in [-0.2, -0.15) is 15.4 Å². The fourth-order valence-electron chi connectivity index (χ4n) is 2.91. The van der Waals surface area contributed by atoms with Crippen molar-refractivity contribution in [2.75, 3.05) is 13.1 Å². The molecule has 0 unspecified atom stereocenters. The molecule has 1 aliphatic rings. The number of hydrogen-bond acceptors (Lipinski definition) is 5. The third-order valence-electron chi connectivity index (χ3n) is 4.17. The van der Waals surface area contributed by atoms with Crippen molar-refractivity contribution >= 4 is 16.9 Å². The van der Waals surface area contributed by atoms with Crippen LogP contribution in [0, 0.1) is 5.82 Å². The first-order chi connectivity index (χ1) is 12.1. The van der Waals surface area contributed by atoms with Gasteiger partial charge in [-0.05, 0) is 30.3 Å². The summed E-state index contributed by atoms with van der Waals surface area (Å²) in [5.74, 6) is -0.324. The van der Waals surface area contributed by atoms with Gasteiger partial charge >= 0.3 is 0 Å². The second-order valence-electron chi connectivity index (χ2n) is 5.92. The summed E-state index contributed by atoms with van der Waals surface area (Å²) in [5.41, 5.74) is 1.73. The molecule has 1 aliphatic heterocycles. The lowest BCUT2D eigenvalue weighted by atomic mass is 10.2. The van der Waals surface area contributed by atoms with E-state index in [0.29, 0.717) is 22.3 Å². The maximum absolute atomic E-state index is 13.2. The molecule has 1 aromatic heterocycles. The van der Waals surface area contributed by atoms with Crippen LogP contribution in [0.2, 0.25) is 0 Å².